The Morgan fingerprint density at radius 3 is 2.67 bits per heavy atom. The van der Waals surface area contributed by atoms with Crippen molar-refractivity contribution in [3.63, 3.8) is 0 Å². The van der Waals surface area contributed by atoms with E-state index in [9.17, 15) is 24.1 Å². The Hall–Kier alpha value is -2.51. The molecule has 0 bridgehead atoms. The number of carboxylic acids is 1. The Morgan fingerprint density at radius 1 is 1.48 bits per heavy atom. The van der Waals surface area contributed by atoms with Crippen molar-refractivity contribution in [2.75, 3.05) is 0 Å². The molecule has 1 unspecified atom stereocenters. The number of aliphatic carboxylic acids is 1. The fourth-order valence-electron chi connectivity index (χ4n) is 2.12. The van der Waals surface area contributed by atoms with Crippen LogP contribution in [-0.4, -0.2) is 27.9 Å². The van der Waals surface area contributed by atoms with Crippen LogP contribution in [0, 0.1) is 21.8 Å². The number of nitro benzene ring substituents is 1. The lowest BCUT2D eigenvalue weighted by Crippen LogP contribution is -2.38. The van der Waals surface area contributed by atoms with E-state index in [-0.39, 0.29) is 17.9 Å². The fraction of sp³-hybridized carbons (Fsp3) is 0.385. The molecule has 0 heterocycles. The highest BCUT2D eigenvalue weighted by atomic mass is 19.1. The molecule has 1 fully saturated rings. The van der Waals surface area contributed by atoms with E-state index < -0.39 is 34.3 Å². The third-order valence-corrected chi connectivity index (χ3v) is 3.30. The van der Waals surface area contributed by atoms with Crippen molar-refractivity contribution in [1.82, 2.24) is 5.32 Å². The number of carbonyl (C=O) groups is 2. The van der Waals surface area contributed by atoms with Crippen molar-refractivity contribution < 1.29 is 24.0 Å². The van der Waals surface area contributed by atoms with Gasteiger partial charge >= 0.3 is 5.97 Å². The summed E-state index contributed by atoms with van der Waals surface area (Å²) < 4.78 is 13.0. The molecule has 0 aliphatic heterocycles. The number of nitrogens with one attached hydrogen (secondary N) is 1. The first-order chi connectivity index (χ1) is 9.88. The number of halogens is 1. The summed E-state index contributed by atoms with van der Waals surface area (Å²) in [5.41, 5.74) is -0.921. The smallest absolute Gasteiger partial charge is 0.305 e. The quantitative estimate of drug-likeness (QED) is 0.613. The summed E-state index contributed by atoms with van der Waals surface area (Å²) in [7, 11) is 0. The van der Waals surface area contributed by atoms with Crippen molar-refractivity contribution in [3.8, 4) is 0 Å². The average molecular weight is 296 g/mol. The first-order valence-corrected chi connectivity index (χ1v) is 6.35. The predicted molar refractivity (Wildman–Crippen MR) is 69.3 cm³/mol. The van der Waals surface area contributed by atoms with Gasteiger partial charge in [0, 0.05) is 6.04 Å². The van der Waals surface area contributed by atoms with Crippen LogP contribution in [0.3, 0.4) is 0 Å². The second-order valence-electron chi connectivity index (χ2n) is 4.93. The molecular weight excluding hydrogens is 283 g/mol. The molecule has 2 N–H and O–H groups in total. The number of hydrogen-bond acceptors (Lipinski definition) is 4. The summed E-state index contributed by atoms with van der Waals surface area (Å²) in [5.74, 6) is -2.56. The number of nitro groups is 1. The van der Waals surface area contributed by atoms with E-state index in [4.69, 9.17) is 5.11 Å². The van der Waals surface area contributed by atoms with Gasteiger partial charge in [-0.15, -0.1) is 0 Å². The zero-order chi connectivity index (χ0) is 15.6. The number of benzene rings is 1. The Labute approximate surface area is 118 Å². The van der Waals surface area contributed by atoms with E-state index in [0.29, 0.717) is 6.07 Å². The standard InChI is InChI=1S/C13H13FN2O5/c14-8-3-4-9(11(5-8)16(20)21)13(19)15-10(6-12(17)18)7-1-2-7/h3-5,7,10H,1-2,6H2,(H,15,19)(H,17,18). The van der Waals surface area contributed by atoms with Gasteiger partial charge < -0.3 is 10.4 Å². The van der Waals surface area contributed by atoms with Gasteiger partial charge in [0.25, 0.3) is 11.6 Å². The van der Waals surface area contributed by atoms with Gasteiger partial charge in [-0.05, 0) is 30.9 Å². The maximum atomic E-state index is 13.0. The molecule has 0 radical (unpaired) electrons. The third-order valence-electron chi connectivity index (χ3n) is 3.30. The van der Waals surface area contributed by atoms with Gasteiger partial charge in [0.1, 0.15) is 11.4 Å². The SMILES string of the molecule is O=C(O)CC(NC(=O)c1ccc(F)cc1[N+](=O)[O-])C1CC1. The van der Waals surface area contributed by atoms with Gasteiger partial charge in [-0.25, -0.2) is 4.39 Å². The molecule has 2 rings (SSSR count). The van der Waals surface area contributed by atoms with Gasteiger partial charge in [-0.3, -0.25) is 19.7 Å². The number of amides is 1. The van der Waals surface area contributed by atoms with Crippen molar-refractivity contribution in [3.05, 3.63) is 39.7 Å². The zero-order valence-electron chi connectivity index (χ0n) is 10.9. The second-order valence-corrected chi connectivity index (χ2v) is 4.93. The number of carboxylic acid groups (broad SMARTS) is 1. The molecule has 7 nitrogen and oxygen atoms in total. The van der Waals surface area contributed by atoms with Gasteiger partial charge in [-0.1, -0.05) is 0 Å². The molecule has 0 saturated heterocycles. The zero-order valence-corrected chi connectivity index (χ0v) is 10.9. The summed E-state index contributed by atoms with van der Waals surface area (Å²) >= 11 is 0. The van der Waals surface area contributed by atoms with Crippen molar-refractivity contribution in [2.45, 2.75) is 25.3 Å². The van der Waals surface area contributed by atoms with Crippen LogP contribution in [0.5, 0.6) is 0 Å². The molecular formula is C13H13FN2O5. The minimum Gasteiger partial charge on any atom is -0.481 e. The van der Waals surface area contributed by atoms with E-state index in [1.165, 1.54) is 0 Å². The van der Waals surface area contributed by atoms with Gasteiger partial charge in [0.05, 0.1) is 17.4 Å². The van der Waals surface area contributed by atoms with Crippen molar-refractivity contribution in [1.29, 1.82) is 0 Å². The summed E-state index contributed by atoms with van der Waals surface area (Å²) in [6, 6.07) is 2.07. The first-order valence-electron chi connectivity index (χ1n) is 6.35. The molecule has 1 aromatic carbocycles. The largest absolute Gasteiger partial charge is 0.481 e. The van der Waals surface area contributed by atoms with E-state index in [1.807, 2.05) is 0 Å². The minimum absolute atomic E-state index is 0.0737. The van der Waals surface area contributed by atoms with Crippen LogP contribution in [0.1, 0.15) is 29.6 Å². The lowest BCUT2D eigenvalue weighted by Gasteiger charge is -2.16. The first kappa shape index (κ1) is 14.9. The highest BCUT2D eigenvalue weighted by Gasteiger charge is 2.34. The number of rotatable bonds is 6. The van der Waals surface area contributed by atoms with Crippen LogP contribution in [0.4, 0.5) is 10.1 Å². The number of nitrogens with zero attached hydrogens (tertiary/aromatic N) is 1. The van der Waals surface area contributed by atoms with Gasteiger partial charge in [-0.2, -0.15) is 0 Å². The predicted octanol–water partition coefficient (Wildman–Crippen LogP) is 1.72. The van der Waals surface area contributed by atoms with E-state index in [2.05, 4.69) is 5.32 Å². The molecule has 1 aliphatic rings. The molecule has 112 valence electrons. The summed E-state index contributed by atoms with van der Waals surface area (Å²) in [6.07, 6.45) is 1.37. The van der Waals surface area contributed by atoms with Crippen LogP contribution in [0.25, 0.3) is 0 Å². The molecule has 1 amide bonds. The second kappa shape index (κ2) is 5.86. The van der Waals surface area contributed by atoms with Crippen LogP contribution >= 0.6 is 0 Å². The third kappa shape index (κ3) is 3.74. The topological polar surface area (TPSA) is 110 Å². The molecule has 1 atom stereocenters. The Balaban J connectivity index is 2.19. The Morgan fingerprint density at radius 2 is 2.14 bits per heavy atom. The Bertz CT molecular complexity index is 600. The molecule has 0 aromatic heterocycles. The highest BCUT2D eigenvalue weighted by molar-refractivity contribution is 5.98. The number of hydrogen-bond donors (Lipinski definition) is 2. The van der Waals surface area contributed by atoms with Gasteiger partial charge in [0.15, 0.2) is 0 Å². The van der Waals surface area contributed by atoms with Crippen LogP contribution in [0.15, 0.2) is 18.2 Å². The molecule has 0 spiro atoms. The lowest BCUT2D eigenvalue weighted by molar-refractivity contribution is -0.385. The van der Waals surface area contributed by atoms with Crippen LogP contribution in [0.2, 0.25) is 0 Å². The monoisotopic (exact) mass is 296 g/mol. The molecule has 8 heteroatoms. The van der Waals surface area contributed by atoms with Gasteiger partial charge in [0.2, 0.25) is 0 Å². The molecule has 1 aliphatic carbocycles. The summed E-state index contributed by atoms with van der Waals surface area (Å²) in [5, 5.41) is 22.2. The maximum absolute atomic E-state index is 13.0. The van der Waals surface area contributed by atoms with Crippen molar-refractivity contribution in [2.24, 2.45) is 5.92 Å². The normalized spacial score (nSPS) is 15.3. The van der Waals surface area contributed by atoms with Crippen LogP contribution < -0.4 is 5.32 Å². The summed E-state index contributed by atoms with van der Waals surface area (Å²) in [4.78, 5) is 32.9. The maximum Gasteiger partial charge on any atom is 0.305 e. The van der Waals surface area contributed by atoms with E-state index in [1.54, 1.807) is 0 Å². The van der Waals surface area contributed by atoms with E-state index >= 15 is 0 Å². The Kier molecular flexibility index (Phi) is 4.15. The van der Waals surface area contributed by atoms with Crippen LogP contribution in [-0.2, 0) is 4.79 Å². The highest BCUT2D eigenvalue weighted by Crippen LogP contribution is 2.34. The average Bonchev–Trinajstić information content (AvgIpc) is 3.21. The molecule has 21 heavy (non-hydrogen) atoms. The molecule has 1 saturated carbocycles. The molecule has 1 aromatic rings. The number of carbonyl (C=O) groups excluding carboxylic acids is 1. The van der Waals surface area contributed by atoms with E-state index in [0.717, 1.165) is 25.0 Å². The fourth-order valence-corrected chi connectivity index (χ4v) is 2.12. The lowest BCUT2D eigenvalue weighted by atomic mass is 10.1. The summed E-state index contributed by atoms with van der Waals surface area (Å²) in [6.45, 7) is 0. The van der Waals surface area contributed by atoms with Crippen molar-refractivity contribution >= 4 is 17.6 Å². The minimum atomic E-state index is -1.05.